The van der Waals surface area contributed by atoms with Crippen LogP contribution in [-0.4, -0.2) is 24.2 Å². The Hall–Kier alpha value is -1.62. The molecule has 0 aliphatic rings. The Morgan fingerprint density at radius 2 is 2.10 bits per heavy atom. The summed E-state index contributed by atoms with van der Waals surface area (Å²) in [5.74, 6) is -1.15. The molecule has 0 unspecified atom stereocenters. The fourth-order valence-corrected chi connectivity index (χ4v) is 1.95. The minimum atomic E-state index is -0.881. The van der Waals surface area contributed by atoms with Crippen molar-refractivity contribution in [2.45, 2.75) is 46.2 Å². The number of ether oxygens (including phenoxy) is 1. The monoisotopic (exact) mass is 297 g/mol. The summed E-state index contributed by atoms with van der Waals surface area (Å²) in [7, 11) is 1.41. The number of carboxylic acid groups (broad SMARTS) is 1. The lowest BCUT2D eigenvalue weighted by Gasteiger charge is -2.21. The first-order valence-electron chi connectivity index (χ1n) is 7.01. The van der Waals surface area contributed by atoms with Crippen molar-refractivity contribution in [2.75, 3.05) is 7.11 Å². The van der Waals surface area contributed by atoms with Crippen molar-refractivity contribution in [3.05, 3.63) is 29.6 Å². The number of carboxylic acids is 1. The summed E-state index contributed by atoms with van der Waals surface area (Å²) in [6, 6.07) is 3.98. The van der Waals surface area contributed by atoms with E-state index < -0.39 is 17.8 Å². The van der Waals surface area contributed by atoms with E-state index in [-0.39, 0.29) is 11.2 Å². The molecule has 0 spiro atoms. The molecule has 1 rings (SSSR count). The lowest BCUT2D eigenvalue weighted by molar-refractivity contribution is -0.139. The second-order valence-corrected chi connectivity index (χ2v) is 6.34. The Morgan fingerprint density at radius 1 is 1.43 bits per heavy atom. The maximum Gasteiger partial charge on any atom is 0.320 e. The standard InChI is InChI=1S/C16H24FNO3/c1-16(2,3)8-7-13(15(19)20)18-10-11-5-6-14(21-4)12(17)9-11/h5-6,9,13,18H,7-8,10H2,1-4H3,(H,19,20)/t13-/m0/s1. The predicted octanol–water partition coefficient (Wildman–Crippen LogP) is 3.20. The minimum Gasteiger partial charge on any atom is -0.494 e. The summed E-state index contributed by atoms with van der Waals surface area (Å²) in [5, 5.41) is 12.2. The lowest BCUT2D eigenvalue weighted by atomic mass is 9.88. The van der Waals surface area contributed by atoms with Crippen LogP contribution in [0, 0.1) is 11.2 Å². The zero-order valence-corrected chi connectivity index (χ0v) is 13.1. The van der Waals surface area contributed by atoms with Gasteiger partial charge in [0.05, 0.1) is 7.11 Å². The second kappa shape index (κ2) is 7.41. The van der Waals surface area contributed by atoms with Gasteiger partial charge in [0.1, 0.15) is 6.04 Å². The van der Waals surface area contributed by atoms with E-state index >= 15 is 0 Å². The minimum absolute atomic E-state index is 0.0849. The third-order valence-corrected chi connectivity index (χ3v) is 3.25. The molecule has 0 amide bonds. The maximum absolute atomic E-state index is 13.6. The van der Waals surface area contributed by atoms with Crippen LogP contribution >= 0.6 is 0 Å². The average Bonchev–Trinajstić information content (AvgIpc) is 2.37. The van der Waals surface area contributed by atoms with Crippen molar-refractivity contribution in [1.29, 1.82) is 0 Å². The molecule has 0 bridgehead atoms. The van der Waals surface area contributed by atoms with Gasteiger partial charge in [-0.25, -0.2) is 4.39 Å². The molecular formula is C16H24FNO3. The third kappa shape index (κ3) is 6.12. The molecule has 0 heterocycles. The zero-order chi connectivity index (χ0) is 16.0. The van der Waals surface area contributed by atoms with Gasteiger partial charge in [0.25, 0.3) is 0 Å². The van der Waals surface area contributed by atoms with Crippen LogP contribution in [0.4, 0.5) is 4.39 Å². The number of hydrogen-bond acceptors (Lipinski definition) is 3. The van der Waals surface area contributed by atoms with Crippen LogP contribution in [-0.2, 0) is 11.3 Å². The SMILES string of the molecule is COc1ccc(CN[C@@H](CCC(C)(C)C)C(=O)O)cc1F. The quantitative estimate of drug-likeness (QED) is 0.811. The number of rotatable bonds is 7. The summed E-state index contributed by atoms with van der Waals surface area (Å²) < 4.78 is 18.4. The van der Waals surface area contributed by atoms with Gasteiger partial charge in [-0.15, -0.1) is 0 Å². The highest BCUT2D eigenvalue weighted by molar-refractivity contribution is 5.73. The van der Waals surface area contributed by atoms with E-state index in [4.69, 9.17) is 4.74 Å². The second-order valence-electron chi connectivity index (χ2n) is 6.34. The van der Waals surface area contributed by atoms with E-state index in [2.05, 4.69) is 26.1 Å². The fraction of sp³-hybridized carbons (Fsp3) is 0.562. The molecule has 0 saturated carbocycles. The Balaban J connectivity index is 2.61. The molecule has 2 N–H and O–H groups in total. The van der Waals surface area contributed by atoms with Gasteiger partial charge in [-0.3, -0.25) is 4.79 Å². The Kier molecular flexibility index (Phi) is 6.15. The van der Waals surface area contributed by atoms with E-state index in [0.29, 0.717) is 18.5 Å². The van der Waals surface area contributed by atoms with Crippen LogP contribution in [0.2, 0.25) is 0 Å². The summed E-state index contributed by atoms with van der Waals surface area (Å²) in [5.41, 5.74) is 0.775. The van der Waals surface area contributed by atoms with Gasteiger partial charge in [-0.2, -0.15) is 0 Å². The number of halogens is 1. The molecule has 5 heteroatoms. The van der Waals surface area contributed by atoms with Crippen molar-refractivity contribution in [2.24, 2.45) is 5.41 Å². The summed E-state index contributed by atoms with van der Waals surface area (Å²) in [4.78, 5) is 11.2. The van der Waals surface area contributed by atoms with Crippen LogP contribution in [0.15, 0.2) is 18.2 Å². The zero-order valence-electron chi connectivity index (χ0n) is 13.1. The average molecular weight is 297 g/mol. The van der Waals surface area contributed by atoms with E-state index in [1.54, 1.807) is 6.07 Å². The third-order valence-electron chi connectivity index (χ3n) is 3.25. The van der Waals surface area contributed by atoms with Crippen LogP contribution in [0.5, 0.6) is 5.75 Å². The smallest absolute Gasteiger partial charge is 0.320 e. The van der Waals surface area contributed by atoms with Crippen molar-refractivity contribution >= 4 is 5.97 Å². The lowest BCUT2D eigenvalue weighted by Crippen LogP contribution is -2.37. The van der Waals surface area contributed by atoms with Crippen LogP contribution in [0.1, 0.15) is 39.2 Å². The Labute approximate surface area is 125 Å². The van der Waals surface area contributed by atoms with Crippen LogP contribution in [0.3, 0.4) is 0 Å². The van der Waals surface area contributed by atoms with E-state index in [9.17, 15) is 14.3 Å². The van der Waals surface area contributed by atoms with Crippen LogP contribution < -0.4 is 10.1 Å². The van der Waals surface area contributed by atoms with Gasteiger partial charge in [0, 0.05) is 6.54 Å². The van der Waals surface area contributed by atoms with Crippen LogP contribution in [0.25, 0.3) is 0 Å². The van der Waals surface area contributed by atoms with Gasteiger partial charge in [-0.05, 0) is 36.0 Å². The Bertz CT molecular complexity index is 483. The summed E-state index contributed by atoms with van der Waals surface area (Å²) >= 11 is 0. The van der Waals surface area contributed by atoms with Gasteiger partial charge in [0.15, 0.2) is 11.6 Å². The highest BCUT2D eigenvalue weighted by Gasteiger charge is 2.20. The number of hydrogen-bond donors (Lipinski definition) is 2. The van der Waals surface area contributed by atoms with E-state index in [1.165, 1.54) is 19.2 Å². The molecule has 0 aliphatic heterocycles. The first-order valence-corrected chi connectivity index (χ1v) is 7.01. The molecule has 118 valence electrons. The Morgan fingerprint density at radius 3 is 2.57 bits per heavy atom. The largest absolute Gasteiger partial charge is 0.494 e. The van der Waals surface area contributed by atoms with Gasteiger partial charge < -0.3 is 15.2 Å². The first kappa shape index (κ1) is 17.4. The molecular weight excluding hydrogens is 273 g/mol. The number of aliphatic carboxylic acids is 1. The van der Waals surface area contributed by atoms with Crippen molar-refractivity contribution in [3.63, 3.8) is 0 Å². The molecule has 1 aromatic rings. The molecule has 21 heavy (non-hydrogen) atoms. The van der Waals surface area contributed by atoms with Gasteiger partial charge >= 0.3 is 5.97 Å². The molecule has 1 aromatic carbocycles. The summed E-state index contributed by atoms with van der Waals surface area (Å²) in [6.45, 7) is 6.53. The number of nitrogens with one attached hydrogen (secondary N) is 1. The number of methoxy groups -OCH3 is 1. The molecule has 0 fully saturated rings. The normalized spacial score (nSPS) is 13.0. The highest BCUT2D eigenvalue weighted by atomic mass is 19.1. The molecule has 1 atom stereocenters. The topological polar surface area (TPSA) is 58.6 Å². The number of carbonyl (C=O) groups is 1. The van der Waals surface area contributed by atoms with Crippen molar-refractivity contribution < 1.29 is 19.0 Å². The number of benzene rings is 1. The molecule has 0 radical (unpaired) electrons. The van der Waals surface area contributed by atoms with Crippen molar-refractivity contribution in [3.8, 4) is 5.75 Å². The predicted molar refractivity (Wildman–Crippen MR) is 79.9 cm³/mol. The van der Waals surface area contributed by atoms with Crippen molar-refractivity contribution in [1.82, 2.24) is 5.32 Å². The molecule has 0 aromatic heterocycles. The van der Waals surface area contributed by atoms with Gasteiger partial charge in [0.2, 0.25) is 0 Å². The first-order chi connectivity index (χ1) is 9.73. The fourth-order valence-electron chi connectivity index (χ4n) is 1.95. The van der Waals surface area contributed by atoms with E-state index in [1.807, 2.05) is 0 Å². The molecule has 0 saturated heterocycles. The summed E-state index contributed by atoms with van der Waals surface area (Å²) in [6.07, 6.45) is 1.34. The maximum atomic E-state index is 13.6. The van der Waals surface area contributed by atoms with E-state index in [0.717, 1.165) is 6.42 Å². The molecule has 0 aliphatic carbocycles. The molecule has 4 nitrogen and oxygen atoms in total. The highest BCUT2D eigenvalue weighted by Crippen LogP contribution is 2.22. The van der Waals surface area contributed by atoms with Gasteiger partial charge in [-0.1, -0.05) is 26.8 Å².